The Morgan fingerprint density at radius 2 is 1.94 bits per heavy atom. The summed E-state index contributed by atoms with van der Waals surface area (Å²) in [6.07, 6.45) is 5.98. The van der Waals surface area contributed by atoms with E-state index < -0.39 is 0 Å². The third kappa shape index (κ3) is 1.62. The molecule has 1 amide bonds. The van der Waals surface area contributed by atoms with Crippen LogP contribution in [0.25, 0.3) is 0 Å². The standard InChI is InChI=1S/C14H17NO/c16-14-13(7-8-15-14)12-6-5-10-3-1-2-4-11(10)9-12/h5-6,9,13H,1-4,7-8H2,(H,15,16). The summed E-state index contributed by atoms with van der Waals surface area (Å²) in [5.41, 5.74) is 4.19. The van der Waals surface area contributed by atoms with E-state index in [9.17, 15) is 4.79 Å². The molecule has 0 radical (unpaired) electrons. The van der Waals surface area contributed by atoms with Crippen LogP contribution in [0.15, 0.2) is 18.2 Å². The Labute approximate surface area is 96.1 Å². The lowest BCUT2D eigenvalue weighted by Gasteiger charge is -2.18. The molecule has 1 saturated heterocycles. The zero-order chi connectivity index (χ0) is 11.0. The highest BCUT2D eigenvalue weighted by Crippen LogP contribution is 2.28. The second-order valence-electron chi connectivity index (χ2n) is 4.87. The molecule has 2 heteroatoms. The number of carbonyl (C=O) groups excluding carboxylic acids is 1. The van der Waals surface area contributed by atoms with E-state index in [2.05, 4.69) is 23.5 Å². The first-order chi connectivity index (χ1) is 7.84. The molecule has 84 valence electrons. The maximum absolute atomic E-state index is 11.6. The quantitative estimate of drug-likeness (QED) is 0.764. The van der Waals surface area contributed by atoms with Crippen LogP contribution in [0.1, 0.15) is 41.9 Å². The summed E-state index contributed by atoms with van der Waals surface area (Å²) < 4.78 is 0. The average Bonchev–Trinajstić information content (AvgIpc) is 2.75. The number of hydrogen-bond acceptors (Lipinski definition) is 1. The summed E-state index contributed by atoms with van der Waals surface area (Å²) in [5.74, 6) is 0.308. The third-order valence-electron chi connectivity index (χ3n) is 3.82. The van der Waals surface area contributed by atoms with Crippen LogP contribution in [0.5, 0.6) is 0 Å². The summed E-state index contributed by atoms with van der Waals surface area (Å²) in [5, 5.41) is 2.91. The minimum absolute atomic E-state index is 0.104. The molecule has 2 aliphatic rings. The molecule has 2 nitrogen and oxygen atoms in total. The molecule has 0 saturated carbocycles. The molecule has 1 aliphatic heterocycles. The molecule has 0 bridgehead atoms. The number of nitrogens with one attached hydrogen (secondary N) is 1. The SMILES string of the molecule is O=C1NCCC1c1ccc2c(c1)CCCC2. The molecule has 0 aromatic heterocycles. The van der Waals surface area contributed by atoms with Crippen LogP contribution in [-0.2, 0) is 17.6 Å². The van der Waals surface area contributed by atoms with Gasteiger partial charge in [0, 0.05) is 6.54 Å². The highest BCUT2D eigenvalue weighted by atomic mass is 16.2. The second-order valence-corrected chi connectivity index (χ2v) is 4.87. The van der Waals surface area contributed by atoms with Crippen LogP contribution in [0.4, 0.5) is 0 Å². The summed E-state index contributed by atoms with van der Waals surface area (Å²) >= 11 is 0. The Hall–Kier alpha value is -1.31. The minimum atomic E-state index is 0.104. The Morgan fingerprint density at radius 3 is 2.69 bits per heavy atom. The van der Waals surface area contributed by atoms with Gasteiger partial charge in [-0.3, -0.25) is 4.79 Å². The van der Waals surface area contributed by atoms with Crippen LogP contribution >= 0.6 is 0 Å². The van der Waals surface area contributed by atoms with Gasteiger partial charge in [0.1, 0.15) is 0 Å². The Balaban J connectivity index is 1.93. The predicted octanol–water partition coefficient (Wildman–Crippen LogP) is 2.17. The van der Waals surface area contributed by atoms with E-state index in [0.29, 0.717) is 0 Å². The Kier molecular flexibility index (Phi) is 2.43. The van der Waals surface area contributed by atoms with Gasteiger partial charge in [0.05, 0.1) is 5.92 Å². The van der Waals surface area contributed by atoms with Crippen molar-refractivity contribution in [3.05, 3.63) is 34.9 Å². The average molecular weight is 215 g/mol. The highest BCUT2D eigenvalue weighted by Gasteiger charge is 2.26. The van der Waals surface area contributed by atoms with Crippen molar-refractivity contribution in [2.75, 3.05) is 6.54 Å². The fourth-order valence-corrected chi connectivity index (χ4v) is 2.88. The molecule has 0 spiro atoms. The van der Waals surface area contributed by atoms with Crippen molar-refractivity contribution in [3.63, 3.8) is 0 Å². The normalized spacial score (nSPS) is 24.0. The van der Waals surface area contributed by atoms with Crippen molar-refractivity contribution in [3.8, 4) is 0 Å². The second kappa shape index (κ2) is 3.93. The van der Waals surface area contributed by atoms with Crippen LogP contribution in [-0.4, -0.2) is 12.5 Å². The largest absolute Gasteiger partial charge is 0.356 e. The van der Waals surface area contributed by atoms with Gasteiger partial charge in [-0.1, -0.05) is 18.2 Å². The van der Waals surface area contributed by atoms with Gasteiger partial charge in [0.25, 0.3) is 0 Å². The van der Waals surface area contributed by atoms with E-state index in [1.54, 1.807) is 0 Å². The summed E-state index contributed by atoms with van der Waals surface area (Å²) in [6.45, 7) is 0.834. The van der Waals surface area contributed by atoms with Crippen LogP contribution < -0.4 is 5.32 Å². The molecule has 1 N–H and O–H groups in total. The number of carbonyl (C=O) groups is 1. The highest BCUT2D eigenvalue weighted by molar-refractivity contribution is 5.85. The summed E-state index contributed by atoms with van der Waals surface area (Å²) in [7, 11) is 0. The van der Waals surface area contributed by atoms with E-state index in [0.717, 1.165) is 13.0 Å². The molecule has 1 unspecified atom stereocenters. The van der Waals surface area contributed by atoms with Crippen molar-refractivity contribution in [2.24, 2.45) is 0 Å². The van der Waals surface area contributed by atoms with E-state index in [4.69, 9.17) is 0 Å². The number of aryl methyl sites for hydroxylation is 2. The van der Waals surface area contributed by atoms with Gasteiger partial charge < -0.3 is 5.32 Å². The molecular weight excluding hydrogens is 198 g/mol. The molecular formula is C14H17NO. The Morgan fingerprint density at radius 1 is 1.12 bits per heavy atom. The molecule has 1 aromatic rings. The van der Waals surface area contributed by atoms with Gasteiger partial charge in [-0.15, -0.1) is 0 Å². The summed E-state index contributed by atoms with van der Waals surface area (Å²) in [4.78, 5) is 11.6. The first-order valence-corrected chi connectivity index (χ1v) is 6.24. The van der Waals surface area contributed by atoms with Crippen molar-refractivity contribution < 1.29 is 4.79 Å². The van der Waals surface area contributed by atoms with Gasteiger partial charge in [0.2, 0.25) is 5.91 Å². The molecule has 1 aromatic carbocycles. The predicted molar refractivity (Wildman–Crippen MR) is 63.5 cm³/mol. The van der Waals surface area contributed by atoms with Crippen LogP contribution in [0.3, 0.4) is 0 Å². The molecule has 1 heterocycles. The fraction of sp³-hybridized carbons (Fsp3) is 0.500. The molecule has 1 aliphatic carbocycles. The van der Waals surface area contributed by atoms with Gasteiger partial charge in [-0.25, -0.2) is 0 Å². The van der Waals surface area contributed by atoms with Gasteiger partial charge in [0.15, 0.2) is 0 Å². The lowest BCUT2D eigenvalue weighted by molar-refractivity contribution is -0.120. The number of benzene rings is 1. The maximum atomic E-state index is 11.6. The van der Waals surface area contributed by atoms with Crippen molar-refractivity contribution in [1.82, 2.24) is 5.32 Å². The monoisotopic (exact) mass is 215 g/mol. The number of fused-ring (bicyclic) bond motifs is 1. The molecule has 1 atom stereocenters. The van der Waals surface area contributed by atoms with Crippen molar-refractivity contribution in [1.29, 1.82) is 0 Å². The third-order valence-corrected chi connectivity index (χ3v) is 3.82. The number of amides is 1. The fourth-order valence-electron chi connectivity index (χ4n) is 2.88. The lowest BCUT2D eigenvalue weighted by atomic mass is 9.87. The molecule has 3 rings (SSSR count). The smallest absolute Gasteiger partial charge is 0.227 e. The first kappa shape index (κ1) is 9.88. The molecule has 1 fully saturated rings. The summed E-state index contributed by atoms with van der Waals surface area (Å²) in [6, 6.07) is 6.65. The topological polar surface area (TPSA) is 29.1 Å². The van der Waals surface area contributed by atoms with Gasteiger partial charge in [-0.2, -0.15) is 0 Å². The zero-order valence-electron chi connectivity index (χ0n) is 9.46. The maximum Gasteiger partial charge on any atom is 0.227 e. The first-order valence-electron chi connectivity index (χ1n) is 6.24. The minimum Gasteiger partial charge on any atom is -0.356 e. The lowest BCUT2D eigenvalue weighted by Crippen LogP contribution is -2.18. The number of rotatable bonds is 1. The van der Waals surface area contributed by atoms with E-state index in [-0.39, 0.29) is 11.8 Å². The van der Waals surface area contributed by atoms with Crippen LogP contribution in [0, 0.1) is 0 Å². The van der Waals surface area contributed by atoms with Crippen LogP contribution in [0.2, 0.25) is 0 Å². The Bertz CT molecular complexity index is 425. The van der Waals surface area contributed by atoms with Gasteiger partial charge >= 0.3 is 0 Å². The van der Waals surface area contributed by atoms with Crippen molar-refractivity contribution in [2.45, 2.75) is 38.0 Å². The zero-order valence-corrected chi connectivity index (χ0v) is 9.46. The molecule has 16 heavy (non-hydrogen) atoms. The number of hydrogen-bond donors (Lipinski definition) is 1. The van der Waals surface area contributed by atoms with E-state index in [1.807, 2.05) is 0 Å². The van der Waals surface area contributed by atoms with Crippen molar-refractivity contribution >= 4 is 5.91 Å². The van der Waals surface area contributed by atoms with Gasteiger partial charge in [-0.05, 0) is 48.8 Å². The van der Waals surface area contributed by atoms with E-state index in [1.165, 1.54) is 42.4 Å². The van der Waals surface area contributed by atoms with E-state index >= 15 is 0 Å².